The number of aliphatic hydroxyl groups excluding tert-OH is 1. The van der Waals surface area contributed by atoms with Gasteiger partial charge in [0.25, 0.3) is 0 Å². The third-order valence-electron chi connectivity index (χ3n) is 11.7. The average molecular weight is 532 g/mol. The quantitative estimate of drug-likeness (QED) is 0.426. The lowest BCUT2D eigenvalue weighted by atomic mass is 9.43. The number of hydrogen-bond acceptors (Lipinski definition) is 3. The molecule has 4 aliphatic rings. The van der Waals surface area contributed by atoms with Crippen LogP contribution in [0.15, 0.2) is 11.6 Å². The van der Waals surface area contributed by atoms with Crippen LogP contribution in [0.5, 0.6) is 0 Å². The first-order chi connectivity index (χ1) is 17.8. The number of aliphatic hydroxyl groups is 1. The van der Waals surface area contributed by atoms with Crippen LogP contribution in [0.3, 0.4) is 0 Å². The average Bonchev–Trinajstić information content (AvgIpc) is 3.16. The summed E-state index contributed by atoms with van der Waals surface area (Å²) in [6.45, 7) is 14.2. The van der Waals surface area contributed by atoms with E-state index in [1.54, 1.807) is 0 Å². The van der Waals surface area contributed by atoms with Crippen molar-refractivity contribution in [3.8, 4) is 0 Å². The number of carboxylic acid groups (broad SMARTS) is 1. The molecule has 0 aromatic heterocycles. The van der Waals surface area contributed by atoms with E-state index in [4.69, 9.17) is 0 Å². The molecule has 4 rings (SSSR count). The van der Waals surface area contributed by atoms with Gasteiger partial charge in [-0.1, -0.05) is 72.5 Å². The number of aliphatic carboxylic acids is 1. The molecule has 0 heterocycles. The standard InChI is InChI=1S/C31H52O3.C3H9N/c1-7-23(29(33)34)28-18-22(32)17-21-11-12-24-26-14-13-25(20(4)10-8-9-19(2)3)30(26,5)16-15-27(24)31(21,28)6;1-4(2)3/h11,19-20,22-28,32H,7-10,12-18H2,1-6H3,(H,33,34);1-3H3/t20-,22-,23?,24+,25-,26+,27+,28?,30-,31-;/m1./s1. The van der Waals surface area contributed by atoms with E-state index in [9.17, 15) is 15.0 Å². The van der Waals surface area contributed by atoms with E-state index in [1.165, 1.54) is 55.4 Å². The SMILES string of the molecule is CCC(C(=O)[O-])C1C[C@H](O)CC2=CC[C@H]3[C@@H]4CC[C@H]([C@H](C)CCCC(C)C)[C@@]4(C)CC[C@@H]3[C@@]21C.C[NH+](C)C. The van der Waals surface area contributed by atoms with Crippen molar-refractivity contribution in [1.29, 1.82) is 0 Å². The van der Waals surface area contributed by atoms with Gasteiger partial charge >= 0.3 is 0 Å². The molecule has 2 N–H and O–H groups in total. The Kier molecular flexibility index (Phi) is 10.6. The predicted octanol–water partition coefficient (Wildman–Crippen LogP) is 5.15. The summed E-state index contributed by atoms with van der Waals surface area (Å²) in [6, 6.07) is 0. The Balaban J connectivity index is 0.000000934. The minimum atomic E-state index is -0.916. The molecule has 4 nitrogen and oxygen atoms in total. The summed E-state index contributed by atoms with van der Waals surface area (Å²) in [7, 11) is 6.25. The van der Waals surface area contributed by atoms with Crippen LogP contribution >= 0.6 is 0 Å². The van der Waals surface area contributed by atoms with Crippen molar-refractivity contribution in [1.82, 2.24) is 0 Å². The molecule has 3 fully saturated rings. The number of allylic oxidation sites excluding steroid dienone is 1. The van der Waals surface area contributed by atoms with Gasteiger partial charge in [0, 0.05) is 11.9 Å². The van der Waals surface area contributed by atoms with Gasteiger partial charge < -0.3 is 19.9 Å². The normalized spacial score (nSPS) is 39.8. The molecule has 4 aliphatic carbocycles. The lowest BCUT2D eigenvalue weighted by Gasteiger charge is -2.61. The zero-order chi connectivity index (χ0) is 28.4. The van der Waals surface area contributed by atoms with Crippen LogP contribution in [0.4, 0.5) is 0 Å². The maximum absolute atomic E-state index is 12.2. The number of hydrogen-bond donors (Lipinski definition) is 2. The van der Waals surface area contributed by atoms with Gasteiger partial charge in [-0.2, -0.15) is 0 Å². The van der Waals surface area contributed by atoms with Crippen molar-refractivity contribution in [2.75, 3.05) is 21.1 Å². The summed E-state index contributed by atoms with van der Waals surface area (Å²) in [5.74, 6) is 3.01. The lowest BCUT2D eigenvalue weighted by Crippen LogP contribution is -3.02. The highest BCUT2D eigenvalue weighted by Gasteiger charge is 2.61. The molecule has 0 amide bonds. The third kappa shape index (κ3) is 6.22. The second-order valence-corrected chi connectivity index (χ2v) is 15.2. The number of rotatable bonds is 8. The summed E-state index contributed by atoms with van der Waals surface area (Å²) < 4.78 is 0. The Bertz CT molecular complexity index is 818. The second kappa shape index (κ2) is 12.8. The summed E-state index contributed by atoms with van der Waals surface area (Å²) in [5, 5.41) is 22.9. The molecule has 4 heteroatoms. The van der Waals surface area contributed by atoms with Crippen molar-refractivity contribution in [3.05, 3.63) is 11.6 Å². The fourth-order valence-corrected chi connectivity index (χ4v) is 10.0. The van der Waals surface area contributed by atoms with Gasteiger partial charge in [-0.3, -0.25) is 0 Å². The first-order valence-corrected chi connectivity index (χ1v) is 16.1. The van der Waals surface area contributed by atoms with Crippen molar-refractivity contribution < 1.29 is 19.9 Å². The molecule has 10 atom stereocenters. The molecule has 0 aliphatic heterocycles. The molecule has 0 saturated heterocycles. The third-order valence-corrected chi connectivity index (χ3v) is 11.7. The van der Waals surface area contributed by atoms with E-state index in [0.29, 0.717) is 30.1 Å². The van der Waals surface area contributed by atoms with Crippen molar-refractivity contribution in [3.63, 3.8) is 0 Å². The summed E-state index contributed by atoms with van der Waals surface area (Å²) in [5.41, 5.74) is 1.69. The maximum atomic E-state index is 12.2. The number of carbonyl (C=O) groups excluding carboxylic acids is 1. The maximum Gasteiger partial charge on any atom is 0.0661 e. The highest BCUT2D eigenvalue weighted by atomic mass is 16.4. The molecule has 0 aromatic carbocycles. The minimum Gasteiger partial charge on any atom is -0.550 e. The van der Waals surface area contributed by atoms with Gasteiger partial charge in [-0.25, -0.2) is 0 Å². The van der Waals surface area contributed by atoms with E-state index in [1.807, 2.05) is 6.92 Å². The Hall–Kier alpha value is -0.870. The van der Waals surface area contributed by atoms with Gasteiger partial charge in [-0.15, -0.1) is 0 Å². The van der Waals surface area contributed by atoms with Crippen molar-refractivity contribution in [2.24, 2.45) is 58.2 Å². The van der Waals surface area contributed by atoms with E-state index >= 15 is 0 Å². The van der Waals surface area contributed by atoms with Crippen LogP contribution in [0, 0.1) is 58.2 Å². The molecule has 0 radical (unpaired) electrons. The van der Waals surface area contributed by atoms with E-state index in [2.05, 4.69) is 61.8 Å². The molecule has 3 saturated carbocycles. The highest BCUT2D eigenvalue weighted by Crippen LogP contribution is 2.68. The molecular formula is C34H61NO3. The first-order valence-electron chi connectivity index (χ1n) is 16.1. The van der Waals surface area contributed by atoms with Gasteiger partial charge in [0.05, 0.1) is 27.2 Å². The fraction of sp³-hybridized carbons (Fsp3) is 0.912. The fourth-order valence-electron chi connectivity index (χ4n) is 10.0. The highest BCUT2D eigenvalue weighted by molar-refractivity contribution is 5.68. The summed E-state index contributed by atoms with van der Waals surface area (Å²) in [4.78, 5) is 13.6. The summed E-state index contributed by atoms with van der Waals surface area (Å²) >= 11 is 0. The molecule has 0 aromatic rings. The number of carboxylic acids is 1. The Labute approximate surface area is 235 Å². The second-order valence-electron chi connectivity index (χ2n) is 15.2. The Morgan fingerprint density at radius 2 is 1.74 bits per heavy atom. The predicted molar refractivity (Wildman–Crippen MR) is 155 cm³/mol. The van der Waals surface area contributed by atoms with Crippen LogP contribution in [0.2, 0.25) is 0 Å². The van der Waals surface area contributed by atoms with Gasteiger partial charge in [0.15, 0.2) is 0 Å². The topological polar surface area (TPSA) is 64.8 Å². The lowest BCUT2D eigenvalue weighted by molar-refractivity contribution is -0.836. The van der Waals surface area contributed by atoms with Gasteiger partial charge in [0.2, 0.25) is 0 Å². The van der Waals surface area contributed by atoms with Crippen LogP contribution < -0.4 is 10.0 Å². The number of fused-ring (bicyclic) bond motifs is 5. The molecular weight excluding hydrogens is 470 g/mol. The minimum absolute atomic E-state index is 0.0122. The largest absolute Gasteiger partial charge is 0.550 e. The molecule has 0 bridgehead atoms. The Morgan fingerprint density at radius 1 is 1.08 bits per heavy atom. The molecule has 2 unspecified atom stereocenters. The smallest absolute Gasteiger partial charge is 0.0661 e. The number of quaternary nitrogens is 1. The summed E-state index contributed by atoms with van der Waals surface area (Å²) in [6.07, 6.45) is 14.4. The van der Waals surface area contributed by atoms with Crippen LogP contribution in [0.25, 0.3) is 0 Å². The molecule has 220 valence electrons. The van der Waals surface area contributed by atoms with E-state index < -0.39 is 18.0 Å². The van der Waals surface area contributed by atoms with Crippen LogP contribution in [-0.4, -0.2) is 38.3 Å². The van der Waals surface area contributed by atoms with Crippen molar-refractivity contribution >= 4 is 5.97 Å². The van der Waals surface area contributed by atoms with Gasteiger partial charge in [-0.05, 0) is 104 Å². The van der Waals surface area contributed by atoms with Crippen LogP contribution in [-0.2, 0) is 4.79 Å². The van der Waals surface area contributed by atoms with E-state index in [0.717, 1.165) is 36.5 Å². The zero-order valence-electron chi connectivity index (χ0n) is 26.3. The van der Waals surface area contributed by atoms with E-state index in [-0.39, 0.29) is 11.3 Å². The number of nitrogens with one attached hydrogen (secondary N) is 1. The van der Waals surface area contributed by atoms with Gasteiger partial charge in [0.1, 0.15) is 0 Å². The Morgan fingerprint density at radius 3 is 2.32 bits per heavy atom. The monoisotopic (exact) mass is 531 g/mol. The zero-order valence-corrected chi connectivity index (χ0v) is 26.3. The first kappa shape index (κ1) is 31.7. The van der Waals surface area contributed by atoms with Crippen molar-refractivity contribution in [2.45, 2.75) is 118 Å². The number of carbonyl (C=O) groups is 1. The molecule has 38 heavy (non-hydrogen) atoms. The molecule has 0 spiro atoms. The van der Waals surface area contributed by atoms with Crippen LogP contribution in [0.1, 0.15) is 112 Å².